The Hall–Kier alpha value is -1.54. The van der Waals surface area contributed by atoms with Gasteiger partial charge in [-0.25, -0.2) is 4.79 Å². The molecular formula is C11H11BrN2O2. The third-order valence-electron chi connectivity index (χ3n) is 1.76. The van der Waals surface area contributed by atoms with E-state index in [2.05, 4.69) is 21.2 Å². The van der Waals surface area contributed by atoms with Crippen molar-refractivity contribution >= 4 is 27.7 Å². The third-order valence-corrected chi connectivity index (χ3v) is 2.68. The third kappa shape index (κ3) is 3.91. The average molecular weight is 283 g/mol. The van der Waals surface area contributed by atoms with Crippen LogP contribution in [0.3, 0.4) is 0 Å². The van der Waals surface area contributed by atoms with Gasteiger partial charge >= 0.3 is 6.09 Å². The molecule has 1 aromatic carbocycles. The molecule has 0 radical (unpaired) electrons. The largest absolute Gasteiger partial charge is 0.445 e. The number of anilines is 1. The first kappa shape index (κ1) is 12.5. The van der Waals surface area contributed by atoms with Gasteiger partial charge in [-0.2, -0.15) is 5.26 Å². The summed E-state index contributed by atoms with van der Waals surface area (Å²) in [5.74, 6) is 0. The summed E-state index contributed by atoms with van der Waals surface area (Å²) >= 11 is 3.20. The van der Waals surface area contributed by atoms with Gasteiger partial charge in [0.05, 0.1) is 11.6 Å². The van der Waals surface area contributed by atoms with Gasteiger partial charge in [0.15, 0.2) is 0 Å². The van der Waals surface area contributed by atoms with Crippen molar-refractivity contribution in [3.8, 4) is 6.07 Å². The number of hydrogen-bond donors (Lipinski definition) is 1. The van der Waals surface area contributed by atoms with Gasteiger partial charge in [-0.1, -0.05) is 22.0 Å². The molecule has 0 saturated heterocycles. The number of amides is 1. The summed E-state index contributed by atoms with van der Waals surface area (Å²) in [6.07, 6.45) is -0.721. The second-order valence-corrected chi connectivity index (χ2v) is 3.84. The minimum Gasteiger partial charge on any atom is -0.445 e. The van der Waals surface area contributed by atoms with Crippen LogP contribution < -0.4 is 5.32 Å². The minimum absolute atomic E-state index is 0.195. The molecule has 0 spiro atoms. The van der Waals surface area contributed by atoms with Crippen LogP contribution >= 0.6 is 15.9 Å². The quantitative estimate of drug-likeness (QED) is 0.867. The van der Waals surface area contributed by atoms with E-state index < -0.39 is 6.09 Å². The zero-order chi connectivity index (χ0) is 12.0. The molecular weight excluding hydrogens is 272 g/mol. The first-order valence-electron chi connectivity index (χ1n) is 4.69. The van der Waals surface area contributed by atoms with E-state index in [0.29, 0.717) is 16.6 Å². The first-order valence-corrected chi connectivity index (χ1v) is 5.81. The van der Waals surface area contributed by atoms with Crippen LogP contribution in [0.1, 0.15) is 12.5 Å². The Morgan fingerprint density at radius 3 is 3.06 bits per heavy atom. The lowest BCUT2D eigenvalue weighted by Crippen LogP contribution is -2.21. The van der Waals surface area contributed by atoms with Gasteiger partial charge in [0.2, 0.25) is 0 Å². The predicted molar refractivity (Wildman–Crippen MR) is 64.5 cm³/mol. The van der Waals surface area contributed by atoms with E-state index in [1.807, 2.05) is 6.07 Å². The standard InChI is InChI=1S/C11H11BrN2O2/c1-8(6-12)16-11(15)14-10-4-2-3-9(5-10)7-13/h2-5,8H,6H2,1H3,(H,14,15). The van der Waals surface area contributed by atoms with E-state index in [9.17, 15) is 4.79 Å². The highest BCUT2D eigenvalue weighted by Gasteiger charge is 2.08. The normalized spacial score (nSPS) is 11.3. The number of hydrogen-bond acceptors (Lipinski definition) is 3. The van der Waals surface area contributed by atoms with Crippen LogP contribution in [0.5, 0.6) is 0 Å². The van der Waals surface area contributed by atoms with Crippen molar-refractivity contribution in [2.45, 2.75) is 13.0 Å². The maximum absolute atomic E-state index is 11.3. The fourth-order valence-electron chi connectivity index (χ4n) is 1.03. The summed E-state index contributed by atoms with van der Waals surface area (Å²) in [6, 6.07) is 8.63. The highest BCUT2D eigenvalue weighted by molar-refractivity contribution is 9.09. The van der Waals surface area contributed by atoms with Gasteiger partial charge in [-0.3, -0.25) is 5.32 Å². The Kier molecular flexibility index (Phi) is 4.80. The maximum atomic E-state index is 11.3. The van der Waals surface area contributed by atoms with Crippen molar-refractivity contribution in [3.05, 3.63) is 29.8 Å². The molecule has 1 aromatic rings. The van der Waals surface area contributed by atoms with E-state index in [4.69, 9.17) is 10.00 Å². The monoisotopic (exact) mass is 282 g/mol. The van der Waals surface area contributed by atoms with E-state index >= 15 is 0 Å². The second-order valence-electron chi connectivity index (χ2n) is 3.19. The molecule has 0 fully saturated rings. The van der Waals surface area contributed by atoms with Gasteiger partial charge in [0.1, 0.15) is 6.10 Å². The average Bonchev–Trinajstić information content (AvgIpc) is 2.28. The molecule has 4 nitrogen and oxygen atoms in total. The number of ether oxygens (including phenoxy) is 1. The number of nitrogens with zero attached hydrogens (tertiary/aromatic N) is 1. The smallest absolute Gasteiger partial charge is 0.411 e. The highest BCUT2D eigenvalue weighted by atomic mass is 79.9. The van der Waals surface area contributed by atoms with Crippen molar-refractivity contribution in [3.63, 3.8) is 0 Å². The summed E-state index contributed by atoms with van der Waals surface area (Å²) in [6.45, 7) is 1.78. The molecule has 0 aliphatic rings. The van der Waals surface area contributed by atoms with Crippen molar-refractivity contribution < 1.29 is 9.53 Å². The molecule has 0 aromatic heterocycles. The van der Waals surface area contributed by atoms with Crippen LogP contribution in [-0.4, -0.2) is 17.5 Å². The van der Waals surface area contributed by atoms with Crippen LogP contribution in [0.15, 0.2) is 24.3 Å². The molecule has 1 N–H and O–H groups in total. The molecule has 84 valence electrons. The molecule has 0 aliphatic carbocycles. The summed E-state index contributed by atoms with van der Waals surface area (Å²) in [5, 5.41) is 11.8. The number of alkyl halides is 1. The van der Waals surface area contributed by atoms with Crippen LogP contribution in [0, 0.1) is 11.3 Å². The Bertz CT molecular complexity index is 415. The lowest BCUT2D eigenvalue weighted by atomic mass is 10.2. The summed E-state index contributed by atoms with van der Waals surface area (Å²) in [4.78, 5) is 11.3. The second kappa shape index (κ2) is 6.13. The molecule has 0 saturated carbocycles. The van der Waals surface area contributed by atoms with E-state index in [1.165, 1.54) is 0 Å². The Balaban J connectivity index is 2.60. The molecule has 0 bridgehead atoms. The predicted octanol–water partition coefficient (Wildman–Crippen LogP) is 2.89. The van der Waals surface area contributed by atoms with Crippen LogP contribution in [0.2, 0.25) is 0 Å². The summed E-state index contributed by atoms with van der Waals surface area (Å²) in [5.41, 5.74) is 1.04. The molecule has 16 heavy (non-hydrogen) atoms. The fraction of sp³-hybridized carbons (Fsp3) is 0.273. The number of benzene rings is 1. The summed E-state index contributed by atoms with van der Waals surface area (Å²) < 4.78 is 5.00. The molecule has 1 unspecified atom stereocenters. The molecule has 1 rings (SSSR count). The van der Waals surface area contributed by atoms with Gasteiger partial charge in [-0.15, -0.1) is 0 Å². The van der Waals surface area contributed by atoms with Crippen LogP contribution in [-0.2, 0) is 4.74 Å². The Morgan fingerprint density at radius 1 is 1.69 bits per heavy atom. The van der Waals surface area contributed by atoms with E-state index in [-0.39, 0.29) is 6.10 Å². The van der Waals surface area contributed by atoms with E-state index in [0.717, 1.165) is 0 Å². The topological polar surface area (TPSA) is 62.1 Å². The molecule has 1 amide bonds. The Morgan fingerprint density at radius 2 is 2.44 bits per heavy atom. The number of carbonyl (C=O) groups excluding carboxylic acids is 1. The van der Waals surface area contributed by atoms with Crippen molar-refractivity contribution in [2.75, 3.05) is 10.6 Å². The van der Waals surface area contributed by atoms with Crippen LogP contribution in [0.25, 0.3) is 0 Å². The Labute approximate surface area is 102 Å². The summed E-state index contributed by atoms with van der Waals surface area (Å²) in [7, 11) is 0. The minimum atomic E-state index is -0.526. The van der Waals surface area contributed by atoms with E-state index in [1.54, 1.807) is 31.2 Å². The molecule has 0 aliphatic heterocycles. The number of halogens is 1. The number of rotatable bonds is 3. The fourth-order valence-corrected chi connectivity index (χ4v) is 1.16. The maximum Gasteiger partial charge on any atom is 0.411 e. The van der Waals surface area contributed by atoms with Crippen molar-refractivity contribution in [1.82, 2.24) is 0 Å². The zero-order valence-corrected chi connectivity index (χ0v) is 10.3. The van der Waals surface area contributed by atoms with Gasteiger partial charge in [-0.05, 0) is 25.1 Å². The number of nitrogens with one attached hydrogen (secondary N) is 1. The number of nitriles is 1. The molecule has 5 heteroatoms. The molecule has 0 heterocycles. The number of carbonyl (C=O) groups is 1. The van der Waals surface area contributed by atoms with Gasteiger partial charge in [0.25, 0.3) is 0 Å². The van der Waals surface area contributed by atoms with Crippen molar-refractivity contribution in [1.29, 1.82) is 5.26 Å². The van der Waals surface area contributed by atoms with Crippen molar-refractivity contribution in [2.24, 2.45) is 0 Å². The highest BCUT2D eigenvalue weighted by Crippen LogP contribution is 2.10. The lowest BCUT2D eigenvalue weighted by Gasteiger charge is -2.11. The van der Waals surface area contributed by atoms with Crippen LogP contribution in [0.4, 0.5) is 10.5 Å². The van der Waals surface area contributed by atoms with Gasteiger partial charge < -0.3 is 4.74 Å². The molecule has 1 atom stereocenters. The zero-order valence-electron chi connectivity index (χ0n) is 8.74. The lowest BCUT2D eigenvalue weighted by molar-refractivity contribution is 0.132. The SMILES string of the molecule is CC(CBr)OC(=O)Nc1cccc(C#N)c1. The first-order chi connectivity index (χ1) is 7.65. The van der Waals surface area contributed by atoms with Gasteiger partial charge in [0, 0.05) is 11.0 Å².